The first-order chi connectivity index (χ1) is 13.1. The number of H-pyrrole nitrogens is 1. The number of aromatic hydroxyl groups is 1. The molecule has 3 N–H and O–H groups in total. The Morgan fingerprint density at radius 2 is 2.04 bits per heavy atom. The Balaban J connectivity index is 1.48. The van der Waals surface area contributed by atoms with Crippen LogP contribution >= 0.6 is 11.8 Å². The van der Waals surface area contributed by atoms with Crippen molar-refractivity contribution in [2.75, 3.05) is 18.2 Å². The summed E-state index contributed by atoms with van der Waals surface area (Å²) >= 11 is 1.19. The molecule has 1 amide bonds. The molecule has 0 aliphatic heterocycles. The molecule has 0 aliphatic rings. The van der Waals surface area contributed by atoms with Crippen LogP contribution in [0.15, 0.2) is 47.6 Å². The van der Waals surface area contributed by atoms with Gasteiger partial charge in [-0.25, -0.2) is 4.98 Å². The highest BCUT2D eigenvalue weighted by Crippen LogP contribution is 2.27. The van der Waals surface area contributed by atoms with Crippen LogP contribution in [-0.2, 0) is 4.79 Å². The van der Waals surface area contributed by atoms with Crippen molar-refractivity contribution < 1.29 is 14.6 Å². The highest BCUT2D eigenvalue weighted by atomic mass is 32.2. The van der Waals surface area contributed by atoms with Crippen LogP contribution in [0.2, 0.25) is 0 Å². The molecule has 9 heteroatoms. The maximum Gasteiger partial charge on any atom is 0.234 e. The number of benzene rings is 2. The molecule has 0 saturated heterocycles. The van der Waals surface area contributed by atoms with E-state index in [0.717, 1.165) is 16.7 Å². The van der Waals surface area contributed by atoms with Gasteiger partial charge in [-0.05, 0) is 42.5 Å². The quantitative estimate of drug-likeness (QED) is 0.360. The molecule has 0 aliphatic carbocycles. The number of amides is 1. The van der Waals surface area contributed by atoms with Gasteiger partial charge in [0.1, 0.15) is 17.0 Å². The summed E-state index contributed by atoms with van der Waals surface area (Å²) in [6, 6.07) is 11.9. The van der Waals surface area contributed by atoms with E-state index in [1.807, 2.05) is 18.2 Å². The van der Waals surface area contributed by atoms with Crippen molar-refractivity contribution in [2.24, 2.45) is 0 Å². The fourth-order valence-corrected chi connectivity index (χ4v) is 3.18. The molecule has 0 saturated carbocycles. The van der Waals surface area contributed by atoms with Gasteiger partial charge in [-0.3, -0.25) is 4.79 Å². The number of fused-ring (bicyclic) bond motifs is 3. The third-order valence-electron chi connectivity index (χ3n) is 3.89. The van der Waals surface area contributed by atoms with Crippen molar-refractivity contribution in [1.29, 1.82) is 0 Å². The van der Waals surface area contributed by atoms with Crippen LogP contribution in [0, 0.1) is 0 Å². The molecular formula is C18H15N5O3S. The number of methoxy groups -OCH3 is 1. The second-order valence-electron chi connectivity index (χ2n) is 5.71. The Morgan fingerprint density at radius 1 is 1.22 bits per heavy atom. The van der Waals surface area contributed by atoms with Gasteiger partial charge in [-0.15, -0.1) is 10.2 Å². The number of nitrogens with one attached hydrogen (secondary N) is 2. The third kappa shape index (κ3) is 3.63. The van der Waals surface area contributed by atoms with E-state index in [4.69, 9.17) is 4.74 Å². The first kappa shape index (κ1) is 17.1. The number of nitrogens with zero attached hydrogens (tertiary/aromatic N) is 3. The van der Waals surface area contributed by atoms with Crippen LogP contribution in [0.25, 0.3) is 22.1 Å². The standard InChI is InChI=1S/C18H15N5O3S/c1-26-12-6-7-14-13(8-12)16-17(20-14)21-18(23-22-16)27-9-15(25)19-10-2-4-11(24)5-3-10/h2-8,24H,9H2,1H3,(H,19,25)(H,20,21,23). The highest BCUT2D eigenvalue weighted by molar-refractivity contribution is 7.99. The van der Waals surface area contributed by atoms with Crippen molar-refractivity contribution in [3.8, 4) is 11.5 Å². The van der Waals surface area contributed by atoms with E-state index >= 15 is 0 Å². The monoisotopic (exact) mass is 381 g/mol. The first-order valence-corrected chi connectivity index (χ1v) is 9.03. The largest absolute Gasteiger partial charge is 0.508 e. The lowest BCUT2D eigenvalue weighted by molar-refractivity contribution is -0.113. The summed E-state index contributed by atoms with van der Waals surface area (Å²) in [4.78, 5) is 19.7. The number of ether oxygens (including phenoxy) is 1. The molecule has 2 aromatic heterocycles. The van der Waals surface area contributed by atoms with Crippen molar-refractivity contribution in [1.82, 2.24) is 20.2 Å². The summed E-state index contributed by atoms with van der Waals surface area (Å²) < 4.78 is 5.24. The molecule has 2 heterocycles. The minimum atomic E-state index is -0.198. The fraction of sp³-hybridized carbons (Fsp3) is 0.111. The molecule has 4 rings (SSSR count). The molecule has 0 unspecified atom stereocenters. The number of aromatic nitrogens is 4. The van der Waals surface area contributed by atoms with Gasteiger partial charge in [0.25, 0.3) is 0 Å². The first-order valence-electron chi connectivity index (χ1n) is 8.04. The molecule has 0 atom stereocenters. The zero-order valence-electron chi connectivity index (χ0n) is 14.3. The van der Waals surface area contributed by atoms with Gasteiger partial charge in [0, 0.05) is 16.6 Å². The Morgan fingerprint density at radius 3 is 2.81 bits per heavy atom. The molecule has 27 heavy (non-hydrogen) atoms. The molecule has 4 aromatic rings. The molecular weight excluding hydrogens is 366 g/mol. The molecule has 0 radical (unpaired) electrons. The number of carbonyl (C=O) groups is 1. The molecule has 0 spiro atoms. The van der Waals surface area contributed by atoms with Crippen LogP contribution in [0.1, 0.15) is 0 Å². The lowest BCUT2D eigenvalue weighted by atomic mass is 10.2. The fourth-order valence-electron chi connectivity index (χ4n) is 2.60. The van der Waals surface area contributed by atoms with Gasteiger partial charge in [-0.2, -0.15) is 0 Å². The topological polar surface area (TPSA) is 113 Å². The zero-order valence-corrected chi connectivity index (χ0v) is 15.1. The van der Waals surface area contributed by atoms with E-state index in [2.05, 4.69) is 25.5 Å². The number of hydrogen-bond donors (Lipinski definition) is 3. The number of anilines is 1. The average molecular weight is 381 g/mol. The van der Waals surface area contributed by atoms with Gasteiger partial charge in [0.15, 0.2) is 5.65 Å². The van der Waals surface area contributed by atoms with E-state index in [1.165, 1.54) is 23.9 Å². The predicted molar refractivity (Wildman–Crippen MR) is 103 cm³/mol. The summed E-state index contributed by atoms with van der Waals surface area (Å²) in [7, 11) is 1.61. The molecule has 2 aromatic carbocycles. The predicted octanol–water partition coefficient (Wildman–Crippen LogP) is 2.95. The Kier molecular flexibility index (Phi) is 4.51. The maximum atomic E-state index is 12.1. The maximum absolute atomic E-state index is 12.1. The van der Waals surface area contributed by atoms with E-state index in [9.17, 15) is 9.90 Å². The number of carbonyl (C=O) groups excluding carboxylic acids is 1. The highest BCUT2D eigenvalue weighted by Gasteiger charge is 2.12. The van der Waals surface area contributed by atoms with Crippen LogP contribution < -0.4 is 10.1 Å². The normalized spacial score (nSPS) is 11.0. The van der Waals surface area contributed by atoms with Crippen LogP contribution in [0.5, 0.6) is 11.5 Å². The summed E-state index contributed by atoms with van der Waals surface area (Å²) in [6.07, 6.45) is 0. The molecule has 0 fully saturated rings. The second kappa shape index (κ2) is 7.12. The van der Waals surface area contributed by atoms with Gasteiger partial charge in [-0.1, -0.05) is 11.8 Å². The Bertz CT molecular complexity index is 1130. The smallest absolute Gasteiger partial charge is 0.234 e. The van der Waals surface area contributed by atoms with Crippen LogP contribution in [0.3, 0.4) is 0 Å². The van der Waals surface area contributed by atoms with Gasteiger partial charge < -0.3 is 20.1 Å². The minimum Gasteiger partial charge on any atom is -0.508 e. The lowest BCUT2D eigenvalue weighted by Crippen LogP contribution is -2.14. The third-order valence-corrected chi connectivity index (χ3v) is 4.72. The summed E-state index contributed by atoms with van der Waals surface area (Å²) in [6.45, 7) is 0. The SMILES string of the molecule is COc1ccc2[nH]c3nc(SCC(=O)Nc4ccc(O)cc4)nnc3c2c1. The zero-order chi connectivity index (χ0) is 18.8. The summed E-state index contributed by atoms with van der Waals surface area (Å²) in [5.74, 6) is 0.818. The van der Waals surface area contributed by atoms with Crippen LogP contribution in [-0.4, -0.2) is 44.0 Å². The number of phenolic OH excluding ortho intramolecular Hbond substituents is 1. The van der Waals surface area contributed by atoms with Crippen molar-refractivity contribution >= 4 is 45.4 Å². The van der Waals surface area contributed by atoms with E-state index in [1.54, 1.807) is 19.2 Å². The average Bonchev–Trinajstić information content (AvgIpc) is 3.05. The number of rotatable bonds is 5. The second-order valence-corrected chi connectivity index (χ2v) is 6.65. The van der Waals surface area contributed by atoms with Crippen molar-refractivity contribution in [3.63, 3.8) is 0 Å². The molecule has 8 nitrogen and oxygen atoms in total. The molecule has 0 bridgehead atoms. The van der Waals surface area contributed by atoms with Gasteiger partial charge in [0.2, 0.25) is 11.1 Å². The Hall–Kier alpha value is -3.33. The van der Waals surface area contributed by atoms with E-state index in [0.29, 0.717) is 22.0 Å². The van der Waals surface area contributed by atoms with Crippen molar-refractivity contribution in [2.45, 2.75) is 5.16 Å². The summed E-state index contributed by atoms with van der Waals surface area (Å²) in [5.41, 5.74) is 2.76. The number of phenols is 1. The van der Waals surface area contributed by atoms with E-state index in [-0.39, 0.29) is 17.4 Å². The van der Waals surface area contributed by atoms with Crippen LogP contribution in [0.4, 0.5) is 5.69 Å². The minimum absolute atomic E-state index is 0.141. The van der Waals surface area contributed by atoms with E-state index < -0.39 is 0 Å². The number of hydrogen-bond acceptors (Lipinski definition) is 7. The summed E-state index contributed by atoms with van der Waals surface area (Å²) in [5, 5.41) is 21.6. The number of thioether (sulfide) groups is 1. The Labute approximate surface area is 158 Å². The van der Waals surface area contributed by atoms with Gasteiger partial charge in [0.05, 0.1) is 12.9 Å². The van der Waals surface area contributed by atoms with Crippen molar-refractivity contribution in [3.05, 3.63) is 42.5 Å². The number of aromatic amines is 1. The van der Waals surface area contributed by atoms with Gasteiger partial charge >= 0.3 is 0 Å². The molecule has 136 valence electrons. The lowest BCUT2D eigenvalue weighted by Gasteiger charge is -2.04.